The topological polar surface area (TPSA) is 128 Å². The average Bonchev–Trinajstić information content (AvgIpc) is 2.87. The lowest BCUT2D eigenvalue weighted by Crippen LogP contribution is -2.36. The fourth-order valence-electron chi connectivity index (χ4n) is 3.03. The smallest absolute Gasteiger partial charge is 0.312 e. The predicted molar refractivity (Wildman–Crippen MR) is 108 cm³/mol. The van der Waals surface area contributed by atoms with E-state index in [1.165, 1.54) is 6.92 Å². The first-order chi connectivity index (χ1) is 13.6. The van der Waals surface area contributed by atoms with Gasteiger partial charge in [-0.1, -0.05) is 24.3 Å². The van der Waals surface area contributed by atoms with Gasteiger partial charge in [-0.3, -0.25) is 14.3 Å². The number of esters is 1. The van der Waals surface area contributed by atoms with E-state index in [0.29, 0.717) is 11.4 Å². The van der Waals surface area contributed by atoms with Gasteiger partial charge in [0.05, 0.1) is 29.5 Å². The summed E-state index contributed by atoms with van der Waals surface area (Å²) in [7, 11) is 1.78. The molecule has 9 heteroatoms. The fraction of sp³-hybridized carbons (Fsp3) is 0.400. The first-order valence-electron chi connectivity index (χ1n) is 9.22. The number of rotatable bonds is 7. The Labute approximate surface area is 169 Å². The number of nitrogens with one attached hydrogen (secondary N) is 2. The SMILES string of the molecule is Cc1ccccc1C(CC(=O)OC(C)C(=O)Nc1c(C)nn(C)c1C)NC(N)=O. The van der Waals surface area contributed by atoms with Gasteiger partial charge in [0.15, 0.2) is 6.10 Å². The summed E-state index contributed by atoms with van der Waals surface area (Å²) in [5.74, 6) is -1.10. The van der Waals surface area contributed by atoms with Crippen LogP contribution in [0.4, 0.5) is 10.5 Å². The number of aryl methyl sites for hydroxylation is 3. The molecule has 0 saturated carbocycles. The molecule has 0 aliphatic rings. The minimum absolute atomic E-state index is 0.156. The van der Waals surface area contributed by atoms with Crippen LogP contribution in [0.2, 0.25) is 0 Å². The van der Waals surface area contributed by atoms with Gasteiger partial charge < -0.3 is 21.1 Å². The maximum absolute atomic E-state index is 12.4. The number of amides is 3. The molecule has 0 radical (unpaired) electrons. The molecule has 2 unspecified atom stereocenters. The van der Waals surface area contributed by atoms with Crippen LogP contribution >= 0.6 is 0 Å². The highest BCUT2D eigenvalue weighted by molar-refractivity contribution is 5.96. The van der Waals surface area contributed by atoms with Crippen molar-refractivity contribution in [2.75, 3.05) is 5.32 Å². The molecule has 0 aliphatic carbocycles. The van der Waals surface area contributed by atoms with Crippen molar-refractivity contribution in [2.45, 2.75) is 46.3 Å². The van der Waals surface area contributed by atoms with Crippen LogP contribution in [-0.2, 0) is 21.4 Å². The number of carbonyl (C=O) groups is 3. The lowest BCUT2D eigenvalue weighted by atomic mass is 9.99. The van der Waals surface area contributed by atoms with Crippen molar-refractivity contribution in [3.63, 3.8) is 0 Å². The van der Waals surface area contributed by atoms with E-state index in [-0.39, 0.29) is 6.42 Å². The van der Waals surface area contributed by atoms with Crippen LogP contribution in [-0.4, -0.2) is 33.8 Å². The second-order valence-corrected chi connectivity index (χ2v) is 6.91. The van der Waals surface area contributed by atoms with Crippen LogP contribution in [0.1, 0.15) is 41.9 Å². The lowest BCUT2D eigenvalue weighted by Gasteiger charge is -2.20. The van der Waals surface area contributed by atoms with E-state index >= 15 is 0 Å². The van der Waals surface area contributed by atoms with Gasteiger partial charge in [-0.15, -0.1) is 0 Å². The molecule has 0 bridgehead atoms. The fourth-order valence-corrected chi connectivity index (χ4v) is 3.03. The molecule has 1 heterocycles. The number of anilines is 1. The van der Waals surface area contributed by atoms with Crippen LogP contribution in [0, 0.1) is 20.8 Å². The molecular formula is C20H27N5O4. The zero-order valence-electron chi connectivity index (χ0n) is 17.3. The predicted octanol–water partition coefficient (Wildman–Crippen LogP) is 2.02. The van der Waals surface area contributed by atoms with E-state index in [0.717, 1.165) is 16.8 Å². The summed E-state index contributed by atoms with van der Waals surface area (Å²) in [4.78, 5) is 36.2. The second kappa shape index (κ2) is 9.22. The third-order valence-corrected chi connectivity index (χ3v) is 4.69. The van der Waals surface area contributed by atoms with E-state index < -0.39 is 30.1 Å². The molecular weight excluding hydrogens is 374 g/mol. The Morgan fingerprint density at radius 1 is 1.21 bits per heavy atom. The van der Waals surface area contributed by atoms with E-state index in [1.54, 1.807) is 30.8 Å². The minimum Gasteiger partial charge on any atom is -0.452 e. The quantitative estimate of drug-likeness (QED) is 0.612. The normalized spacial score (nSPS) is 12.7. The lowest BCUT2D eigenvalue weighted by molar-refractivity contribution is -0.153. The molecule has 3 amide bonds. The number of carbonyl (C=O) groups excluding carboxylic acids is 3. The standard InChI is InChI=1S/C20H27N5O4/c1-11-8-6-7-9-15(11)16(22-20(21)28)10-17(26)29-14(4)19(27)23-18-12(2)24-25(5)13(18)3/h6-9,14,16H,10H2,1-5H3,(H,23,27)(H3,21,22,28). The number of hydrogen-bond donors (Lipinski definition) is 3. The summed E-state index contributed by atoms with van der Waals surface area (Å²) in [6.07, 6.45) is -1.18. The van der Waals surface area contributed by atoms with Gasteiger partial charge in [0.25, 0.3) is 5.91 Å². The van der Waals surface area contributed by atoms with E-state index in [4.69, 9.17) is 10.5 Å². The van der Waals surface area contributed by atoms with Gasteiger partial charge in [-0.2, -0.15) is 5.10 Å². The first kappa shape index (κ1) is 21.9. The van der Waals surface area contributed by atoms with Crippen molar-refractivity contribution in [2.24, 2.45) is 12.8 Å². The number of nitrogens with two attached hydrogens (primary N) is 1. The van der Waals surface area contributed by atoms with Crippen molar-refractivity contribution >= 4 is 23.6 Å². The van der Waals surface area contributed by atoms with Crippen LogP contribution in [0.15, 0.2) is 24.3 Å². The number of hydrogen-bond acceptors (Lipinski definition) is 5. The summed E-state index contributed by atoms with van der Waals surface area (Å²) in [5, 5.41) is 9.53. The van der Waals surface area contributed by atoms with Gasteiger partial charge in [0, 0.05) is 7.05 Å². The Kier molecular flexibility index (Phi) is 6.98. The van der Waals surface area contributed by atoms with Crippen molar-refractivity contribution in [1.82, 2.24) is 15.1 Å². The monoisotopic (exact) mass is 401 g/mol. The Morgan fingerprint density at radius 2 is 1.86 bits per heavy atom. The summed E-state index contributed by atoms with van der Waals surface area (Å²) in [6, 6.07) is 5.92. The molecule has 29 heavy (non-hydrogen) atoms. The van der Waals surface area contributed by atoms with Crippen molar-refractivity contribution < 1.29 is 19.1 Å². The number of aromatic nitrogens is 2. The highest BCUT2D eigenvalue weighted by Gasteiger charge is 2.24. The molecule has 0 spiro atoms. The number of ether oxygens (including phenoxy) is 1. The Balaban J connectivity index is 2.04. The van der Waals surface area contributed by atoms with E-state index in [1.807, 2.05) is 26.0 Å². The number of urea groups is 1. The van der Waals surface area contributed by atoms with Gasteiger partial charge in [0.2, 0.25) is 0 Å². The third-order valence-electron chi connectivity index (χ3n) is 4.69. The molecule has 2 atom stereocenters. The van der Waals surface area contributed by atoms with Crippen LogP contribution < -0.4 is 16.4 Å². The van der Waals surface area contributed by atoms with Crippen LogP contribution in [0.5, 0.6) is 0 Å². The number of primary amides is 1. The highest BCUT2D eigenvalue weighted by Crippen LogP contribution is 2.22. The first-order valence-corrected chi connectivity index (χ1v) is 9.22. The average molecular weight is 401 g/mol. The summed E-state index contributed by atoms with van der Waals surface area (Å²) in [6.45, 7) is 6.96. The zero-order valence-corrected chi connectivity index (χ0v) is 17.3. The molecule has 1 aromatic heterocycles. The largest absolute Gasteiger partial charge is 0.452 e. The minimum atomic E-state index is -1.02. The molecule has 0 saturated heterocycles. The Hall–Kier alpha value is -3.36. The summed E-state index contributed by atoms with van der Waals surface area (Å²) in [5.41, 5.74) is 8.95. The molecule has 9 nitrogen and oxygen atoms in total. The molecule has 156 valence electrons. The number of benzene rings is 1. The third kappa shape index (κ3) is 5.56. The van der Waals surface area contributed by atoms with Gasteiger partial charge in [0.1, 0.15) is 0 Å². The van der Waals surface area contributed by atoms with Gasteiger partial charge in [-0.25, -0.2) is 4.79 Å². The molecule has 4 N–H and O–H groups in total. The van der Waals surface area contributed by atoms with Crippen molar-refractivity contribution in [3.05, 3.63) is 46.8 Å². The van der Waals surface area contributed by atoms with Crippen molar-refractivity contribution in [3.8, 4) is 0 Å². The maximum Gasteiger partial charge on any atom is 0.312 e. The summed E-state index contributed by atoms with van der Waals surface area (Å²) >= 11 is 0. The van der Waals surface area contributed by atoms with Gasteiger partial charge in [-0.05, 0) is 38.8 Å². The molecule has 0 fully saturated rings. The molecule has 2 rings (SSSR count). The Morgan fingerprint density at radius 3 is 2.41 bits per heavy atom. The maximum atomic E-state index is 12.4. The molecule has 0 aliphatic heterocycles. The van der Waals surface area contributed by atoms with Crippen molar-refractivity contribution in [1.29, 1.82) is 0 Å². The molecule has 1 aromatic carbocycles. The van der Waals surface area contributed by atoms with Crippen LogP contribution in [0.3, 0.4) is 0 Å². The molecule has 2 aromatic rings. The van der Waals surface area contributed by atoms with E-state index in [9.17, 15) is 14.4 Å². The second-order valence-electron chi connectivity index (χ2n) is 6.91. The van der Waals surface area contributed by atoms with E-state index in [2.05, 4.69) is 15.7 Å². The zero-order chi connectivity index (χ0) is 21.7. The van der Waals surface area contributed by atoms with Crippen LogP contribution in [0.25, 0.3) is 0 Å². The van der Waals surface area contributed by atoms with Gasteiger partial charge >= 0.3 is 12.0 Å². The number of nitrogens with zero attached hydrogens (tertiary/aromatic N) is 2. The summed E-state index contributed by atoms with van der Waals surface area (Å²) < 4.78 is 6.93. The highest BCUT2D eigenvalue weighted by atomic mass is 16.5. The Bertz CT molecular complexity index is 922.